The van der Waals surface area contributed by atoms with E-state index >= 15 is 0 Å². The van der Waals surface area contributed by atoms with Crippen molar-refractivity contribution in [3.8, 4) is 0 Å². The maximum atomic E-state index is 10.9. The predicted molar refractivity (Wildman–Crippen MR) is 41.1 cm³/mol. The molecule has 0 aromatic heterocycles. The summed E-state index contributed by atoms with van der Waals surface area (Å²) in [6.45, 7) is 2.08. The zero-order valence-corrected chi connectivity index (χ0v) is 6.34. The molecule has 1 fully saturated rings. The largest absolute Gasteiger partial charge is 0.272 e. The summed E-state index contributed by atoms with van der Waals surface area (Å²) in [5.74, 6) is 0.376. The second kappa shape index (κ2) is 3.49. The Morgan fingerprint density at radius 2 is 2.40 bits per heavy atom. The van der Waals surface area contributed by atoms with Gasteiger partial charge in [-0.2, -0.15) is 0 Å². The molecule has 0 saturated heterocycles. The predicted octanol–water partition coefficient (Wildman–Crippen LogP) is 1.79. The second-order valence-corrected chi connectivity index (χ2v) is 2.71. The maximum Gasteiger partial charge on any atom is 0.248 e. The van der Waals surface area contributed by atoms with Crippen LogP contribution in [0.4, 0.5) is 0 Å². The first kappa shape index (κ1) is 7.45. The average Bonchev–Trinajstić information content (AvgIpc) is 2.69. The van der Waals surface area contributed by atoms with Gasteiger partial charge in [0.1, 0.15) is 0 Å². The van der Waals surface area contributed by atoms with Gasteiger partial charge >= 0.3 is 0 Å². The third kappa shape index (κ3) is 2.29. The second-order valence-electron chi connectivity index (χ2n) is 2.71. The van der Waals surface area contributed by atoms with E-state index in [4.69, 9.17) is 0 Å². The molecule has 0 unspecified atom stereocenters. The molecule has 1 saturated carbocycles. The molecular weight excluding hydrogens is 126 g/mol. The molecule has 1 rings (SSSR count). The summed E-state index contributed by atoms with van der Waals surface area (Å²) in [6.07, 6.45) is 5.85. The van der Waals surface area contributed by atoms with Gasteiger partial charge < -0.3 is 0 Å². The minimum absolute atomic E-state index is 0.0912. The minimum Gasteiger partial charge on any atom is -0.272 e. The lowest BCUT2D eigenvalue weighted by Crippen LogP contribution is -1.94. The Kier molecular flexibility index (Phi) is 2.60. The number of rotatable bonds is 3. The standard InChI is InChI=1S/C8H13NO/c1-2-3-6-9-8(10)7-4-5-7/h6-7H,2-5H2,1H3. The van der Waals surface area contributed by atoms with Crippen LogP contribution in [0.1, 0.15) is 32.6 Å². The quantitative estimate of drug-likeness (QED) is 0.548. The molecule has 1 aliphatic carbocycles. The van der Waals surface area contributed by atoms with Crippen molar-refractivity contribution < 1.29 is 4.79 Å². The Labute approximate surface area is 61.3 Å². The summed E-state index contributed by atoms with van der Waals surface area (Å²) in [7, 11) is 0. The van der Waals surface area contributed by atoms with E-state index in [1.54, 1.807) is 6.21 Å². The zero-order chi connectivity index (χ0) is 7.40. The van der Waals surface area contributed by atoms with Gasteiger partial charge in [0.15, 0.2) is 0 Å². The first-order chi connectivity index (χ1) is 4.84. The van der Waals surface area contributed by atoms with E-state index in [1.165, 1.54) is 0 Å². The van der Waals surface area contributed by atoms with Gasteiger partial charge in [-0.3, -0.25) is 4.79 Å². The summed E-state index contributed by atoms with van der Waals surface area (Å²) in [5.41, 5.74) is 0. The van der Waals surface area contributed by atoms with Crippen LogP contribution in [-0.4, -0.2) is 12.1 Å². The number of unbranched alkanes of at least 4 members (excludes halogenated alkanes) is 1. The number of hydrogen-bond acceptors (Lipinski definition) is 1. The highest BCUT2D eigenvalue weighted by atomic mass is 16.1. The molecule has 1 aliphatic rings. The highest BCUT2D eigenvalue weighted by Crippen LogP contribution is 2.29. The maximum absolute atomic E-state index is 10.9. The summed E-state index contributed by atoms with van der Waals surface area (Å²) >= 11 is 0. The first-order valence-electron chi connectivity index (χ1n) is 3.91. The van der Waals surface area contributed by atoms with E-state index in [0.717, 1.165) is 25.7 Å². The Morgan fingerprint density at radius 3 is 2.90 bits per heavy atom. The van der Waals surface area contributed by atoms with Crippen LogP contribution in [0.5, 0.6) is 0 Å². The molecule has 0 bridgehead atoms. The summed E-state index contributed by atoms with van der Waals surface area (Å²) < 4.78 is 0. The number of nitrogens with zero attached hydrogens (tertiary/aromatic N) is 1. The first-order valence-corrected chi connectivity index (χ1v) is 3.91. The van der Waals surface area contributed by atoms with Gasteiger partial charge in [-0.25, -0.2) is 4.99 Å². The molecular formula is C8H13NO. The van der Waals surface area contributed by atoms with Crippen LogP contribution in [-0.2, 0) is 4.79 Å². The van der Waals surface area contributed by atoms with Crippen molar-refractivity contribution in [3.05, 3.63) is 0 Å². The number of carbonyl (C=O) groups excluding carboxylic acids is 1. The van der Waals surface area contributed by atoms with Gasteiger partial charge in [0.2, 0.25) is 5.91 Å². The summed E-state index contributed by atoms with van der Waals surface area (Å²) in [4.78, 5) is 14.7. The Bertz CT molecular complexity index is 147. The molecule has 10 heavy (non-hydrogen) atoms. The van der Waals surface area contributed by atoms with Crippen LogP contribution in [0.25, 0.3) is 0 Å². The zero-order valence-electron chi connectivity index (χ0n) is 6.34. The molecule has 1 amide bonds. The average molecular weight is 139 g/mol. The van der Waals surface area contributed by atoms with E-state index < -0.39 is 0 Å². The van der Waals surface area contributed by atoms with Crippen LogP contribution in [0.2, 0.25) is 0 Å². The summed E-state index contributed by atoms with van der Waals surface area (Å²) in [5, 5.41) is 0. The molecule has 2 heteroatoms. The lowest BCUT2D eigenvalue weighted by Gasteiger charge is -1.85. The normalized spacial score (nSPS) is 18.1. The van der Waals surface area contributed by atoms with E-state index in [9.17, 15) is 4.79 Å². The van der Waals surface area contributed by atoms with Crippen molar-refractivity contribution in [1.82, 2.24) is 0 Å². The van der Waals surface area contributed by atoms with Gasteiger partial charge in [-0.1, -0.05) is 13.3 Å². The highest BCUT2D eigenvalue weighted by molar-refractivity contribution is 5.88. The number of aliphatic imine (C=N–C) groups is 1. The molecule has 0 aromatic rings. The van der Waals surface area contributed by atoms with Crippen LogP contribution in [0.15, 0.2) is 4.99 Å². The van der Waals surface area contributed by atoms with Crippen molar-refractivity contribution in [2.24, 2.45) is 10.9 Å². The smallest absolute Gasteiger partial charge is 0.248 e. The van der Waals surface area contributed by atoms with E-state index in [-0.39, 0.29) is 11.8 Å². The van der Waals surface area contributed by atoms with E-state index in [0.29, 0.717) is 0 Å². The fourth-order valence-corrected chi connectivity index (χ4v) is 0.719. The molecule has 0 radical (unpaired) electrons. The number of carbonyl (C=O) groups is 1. The topological polar surface area (TPSA) is 29.4 Å². The highest BCUT2D eigenvalue weighted by Gasteiger charge is 2.28. The fraction of sp³-hybridized carbons (Fsp3) is 0.750. The molecule has 56 valence electrons. The Balaban J connectivity index is 2.16. The molecule has 0 aromatic carbocycles. The monoisotopic (exact) mass is 139 g/mol. The van der Waals surface area contributed by atoms with Gasteiger partial charge in [0.05, 0.1) is 0 Å². The summed E-state index contributed by atoms with van der Waals surface area (Å²) in [6, 6.07) is 0. The van der Waals surface area contributed by atoms with Crippen molar-refractivity contribution in [1.29, 1.82) is 0 Å². The van der Waals surface area contributed by atoms with Crippen molar-refractivity contribution in [2.45, 2.75) is 32.6 Å². The SMILES string of the molecule is CCCC=NC(=O)C1CC1. The minimum atomic E-state index is 0.0912. The van der Waals surface area contributed by atoms with Crippen LogP contribution in [0, 0.1) is 5.92 Å². The van der Waals surface area contributed by atoms with Crippen LogP contribution < -0.4 is 0 Å². The Morgan fingerprint density at radius 1 is 1.70 bits per heavy atom. The molecule has 0 aliphatic heterocycles. The van der Waals surface area contributed by atoms with E-state index in [2.05, 4.69) is 11.9 Å². The fourth-order valence-electron chi connectivity index (χ4n) is 0.719. The number of amides is 1. The lowest BCUT2D eigenvalue weighted by molar-refractivity contribution is -0.118. The molecule has 0 heterocycles. The van der Waals surface area contributed by atoms with Gasteiger partial charge in [0, 0.05) is 12.1 Å². The van der Waals surface area contributed by atoms with Gasteiger partial charge in [-0.05, 0) is 19.3 Å². The third-order valence-electron chi connectivity index (χ3n) is 1.56. The van der Waals surface area contributed by atoms with Gasteiger partial charge in [0.25, 0.3) is 0 Å². The Hall–Kier alpha value is -0.660. The molecule has 2 nitrogen and oxygen atoms in total. The number of hydrogen-bond donors (Lipinski definition) is 0. The van der Waals surface area contributed by atoms with Crippen molar-refractivity contribution >= 4 is 12.1 Å². The van der Waals surface area contributed by atoms with E-state index in [1.807, 2.05) is 0 Å². The molecule has 0 atom stereocenters. The van der Waals surface area contributed by atoms with Crippen molar-refractivity contribution in [3.63, 3.8) is 0 Å². The van der Waals surface area contributed by atoms with Crippen molar-refractivity contribution in [2.75, 3.05) is 0 Å². The van der Waals surface area contributed by atoms with Crippen LogP contribution in [0.3, 0.4) is 0 Å². The lowest BCUT2D eigenvalue weighted by atomic mass is 10.3. The van der Waals surface area contributed by atoms with Gasteiger partial charge in [-0.15, -0.1) is 0 Å². The van der Waals surface area contributed by atoms with Crippen LogP contribution >= 0.6 is 0 Å². The third-order valence-corrected chi connectivity index (χ3v) is 1.56. The molecule has 0 N–H and O–H groups in total. The molecule has 0 spiro atoms.